The van der Waals surface area contributed by atoms with Crippen molar-refractivity contribution in [3.05, 3.63) is 69.3 Å². The van der Waals surface area contributed by atoms with Gasteiger partial charge >= 0.3 is 0 Å². The smallest absolute Gasteiger partial charge is 0.185 e. The van der Waals surface area contributed by atoms with Gasteiger partial charge in [0.15, 0.2) is 10.3 Å². The van der Waals surface area contributed by atoms with Crippen LogP contribution in [0, 0.1) is 0 Å². The van der Waals surface area contributed by atoms with Crippen LogP contribution >= 0.6 is 45.9 Å². The largest absolute Gasteiger partial charge is 0.349 e. The fourth-order valence-electron chi connectivity index (χ4n) is 2.88. The normalized spacial score (nSPS) is 10.9. The maximum absolute atomic E-state index is 5.98. The first kappa shape index (κ1) is 21.1. The minimum absolute atomic E-state index is 0.732. The Hall–Kier alpha value is -2.12. The number of anilines is 2. The second kappa shape index (κ2) is 9.35. The minimum Gasteiger partial charge on any atom is -0.349 e. The highest BCUT2D eigenvalue weighted by Gasteiger charge is 2.12. The molecule has 0 aliphatic carbocycles. The Balaban J connectivity index is 1.36. The molecule has 2 aromatic heterocycles. The molecule has 4 rings (SSSR count). The van der Waals surface area contributed by atoms with Crippen molar-refractivity contribution in [1.29, 1.82) is 0 Å². The van der Waals surface area contributed by atoms with E-state index >= 15 is 0 Å². The number of nitrogens with zero attached hydrogens (tertiary/aromatic N) is 4. The summed E-state index contributed by atoms with van der Waals surface area (Å²) in [5, 5.41) is 7.62. The van der Waals surface area contributed by atoms with E-state index in [1.54, 1.807) is 22.7 Å². The number of halogens is 2. The van der Waals surface area contributed by atoms with Crippen LogP contribution in [-0.4, -0.2) is 37.2 Å². The molecule has 2 aromatic carbocycles. The molecule has 0 saturated carbocycles. The third-order valence-corrected chi connectivity index (χ3v) is 7.10. The van der Waals surface area contributed by atoms with Crippen LogP contribution in [-0.2, 0) is 0 Å². The Bertz CT molecular complexity index is 1020. The van der Waals surface area contributed by atoms with Crippen molar-refractivity contribution >= 4 is 56.1 Å². The molecule has 0 radical (unpaired) electrons. The summed E-state index contributed by atoms with van der Waals surface area (Å²) in [5.41, 5.74) is 4.09. The van der Waals surface area contributed by atoms with Crippen molar-refractivity contribution in [2.45, 2.75) is 0 Å². The first-order valence-electron chi connectivity index (χ1n) is 9.35. The lowest BCUT2D eigenvalue weighted by atomic mass is 10.2. The molecule has 0 spiro atoms. The molecule has 30 heavy (non-hydrogen) atoms. The van der Waals surface area contributed by atoms with E-state index in [4.69, 9.17) is 33.2 Å². The SMILES string of the molecule is CN(CCN(C)c1nc(-c2ccc(Cl)cc2)cs1)c1nc(-c2ccc(Cl)cc2)cs1. The summed E-state index contributed by atoms with van der Waals surface area (Å²) in [6.07, 6.45) is 0. The lowest BCUT2D eigenvalue weighted by Crippen LogP contribution is -2.30. The van der Waals surface area contributed by atoms with Crippen LogP contribution in [0.5, 0.6) is 0 Å². The molecule has 0 unspecified atom stereocenters. The predicted octanol–water partition coefficient (Wildman–Crippen LogP) is 6.81. The third-order valence-electron chi connectivity index (χ3n) is 4.69. The molecule has 0 bridgehead atoms. The van der Waals surface area contributed by atoms with E-state index in [1.165, 1.54) is 0 Å². The van der Waals surface area contributed by atoms with E-state index in [2.05, 4.69) is 34.7 Å². The number of hydrogen-bond acceptors (Lipinski definition) is 6. The fraction of sp³-hybridized carbons (Fsp3) is 0.182. The van der Waals surface area contributed by atoms with Crippen LogP contribution in [0.1, 0.15) is 0 Å². The molecular formula is C22H20Cl2N4S2. The number of thiazole rings is 2. The maximum Gasteiger partial charge on any atom is 0.185 e. The average molecular weight is 475 g/mol. The van der Waals surface area contributed by atoms with Gasteiger partial charge in [-0.3, -0.25) is 0 Å². The molecule has 0 saturated heterocycles. The highest BCUT2D eigenvalue weighted by molar-refractivity contribution is 7.14. The van der Waals surface area contributed by atoms with Gasteiger partial charge in [0.25, 0.3) is 0 Å². The van der Waals surface area contributed by atoms with Gasteiger partial charge in [-0.1, -0.05) is 47.5 Å². The van der Waals surface area contributed by atoms with Gasteiger partial charge in [0.2, 0.25) is 0 Å². The first-order valence-corrected chi connectivity index (χ1v) is 11.9. The zero-order chi connectivity index (χ0) is 21.1. The molecule has 2 heterocycles. The highest BCUT2D eigenvalue weighted by atomic mass is 35.5. The Morgan fingerprint density at radius 3 is 1.40 bits per heavy atom. The van der Waals surface area contributed by atoms with E-state index in [9.17, 15) is 0 Å². The van der Waals surface area contributed by atoms with Crippen molar-refractivity contribution in [2.75, 3.05) is 37.0 Å². The molecule has 0 N–H and O–H groups in total. The molecule has 0 fully saturated rings. The Kier molecular flexibility index (Phi) is 6.58. The molecule has 0 aliphatic rings. The summed E-state index contributed by atoms with van der Waals surface area (Å²) < 4.78 is 0. The van der Waals surface area contributed by atoms with E-state index in [1.807, 2.05) is 48.5 Å². The van der Waals surface area contributed by atoms with Gasteiger partial charge in [-0.25, -0.2) is 9.97 Å². The van der Waals surface area contributed by atoms with E-state index in [0.29, 0.717) is 0 Å². The molecule has 4 aromatic rings. The summed E-state index contributed by atoms with van der Waals surface area (Å²) in [6.45, 7) is 1.69. The standard InChI is InChI=1S/C22H20Cl2N4S2/c1-27(21-25-19(13-29-21)15-3-7-17(23)8-4-15)11-12-28(2)22-26-20(14-30-22)16-5-9-18(24)10-6-16/h3-10,13-14H,11-12H2,1-2H3. The molecule has 8 heteroatoms. The van der Waals surface area contributed by atoms with Gasteiger partial charge in [-0.05, 0) is 24.3 Å². The van der Waals surface area contributed by atoms with Crippen LogP contribution in [0.15, 0.2) is 59.3 Å². The van der Waals surface area contributed by atoms with Crippen LogP contribution < -0.4 is 9.80 Å². The van der Waals surface area contributed by atoms with Crippen molar-refractivity contribution in [3.8, 4) is 22.5 Å². The van der Waals surface area contributed by atoms with E-state index in [-0.39, 0.29) is 0 Å². The van der Waals surface area contributed by atoms with E-state index in [0.717, 1.165) is 55.9 Å². The topological polar surface area (TPSA) is 32.3 Å². The lowest BCUT2D eigenvalue weighted by Gasteiger charge is -2.21. The van der Waals surface area contributed by atoms with Gasteiger partial charge < -0.3 is 9.80 Å². The number of likely N-dealkylation sites (N-methyl/N-ethyl adjacent to an activating group) is 2. The summed E-state index contributed by atoms with van der Waals surface area (Å²) in [7, 11) is 4.14. The zero-order valence-electron chi connectivity index (χ0n) is 16.5. The van der Waals surface area contributed by atoms with Gasteiger partial charge in [0.1, 0.15) is 0 Å². The van der Waals surface area contributed by atoms with Crippen LogP contribution in [0.4, 0.5) is 10.3 Å². The van der Waals surface area contributed by atoms with Crippen molar-refractivity contribution in [2.24, 2.45) is 0 Å². The Labute approximate surface area is 194 Å². The summed E-state index contributed by atoms with van der Waals surface area (Å²) >= 11 is 15.2. The average Bonchev–Trinajstić information content (AvgIpc) is 3.43. The van der Waals surface area contributed by atoms with Crippen molar-refractivity contribution < 1.29 is 0 Å². The van der Waals surface area contributed by atoms with Gasteiger partial charge in [0, 0.05) is 59.1 Å². The van der Waals surface area contributed by atoms with Gasteiger partial charge in [-0.15, -0.1) is 22.7 Å². The monoisotopic (exact) mass is 474 g/mol. The quantitative estimate of drug-likeness (QED) is 0.294. The molecule has 0 aliphatic heterocycles. The fourth-order valence-corrected chi connectivity index (χ4v) is 4.79. The second-order valence-corrected chi connectivity index (χ2v) is 9.43. The van der Waals surface area contributed by atoms with Crippen LogP contribution in [0.3, 0.4) is 0 Å². The molecule has 0 atom stereocenters. The van der Waals surface area contributed by atoms with Crippen molar-refractivity contribution in [3.63, 3.8) is 0 Å². The number of aromatic nitrogens is 2. The Morgan fingerprint density at radius 1 is 0.667 bits per heavy atom. The number of hydrogen-bond donors (Lipinski definition) is 0. The number of benzene rings is 2. The summed E-state index contributed by atoms with van der Waals surface area (Å²) in [4.78, 5) is 13.9. The van der Waals surface area contributed by atoms with E-state index < -0.39 is 0 Å². The highest BCUT2D eigenvalue weighted by Crippen LogP contribution is 2.29. The minimum atomic E-state index is 0.732. The molecular weight excluding hydrogens is 455 g/mol. The first-order chi connectivity index (χ1) is 14.5. The summed E-state index contributed by atoms with van der Waals surface area (Å²) in [6, 6.07) is 15.5. The van der Waals surface area contributed by atoms with Crippen LogP contribution in [0.2, 0.25) is 10.0 Å². The maximum atomic E-state index is 5.98. The molecule has 0 amide bonds. The predicted molar refractivity (Wildman–Crippen MR) is 132 cm³/mol. The zero-order valence-corrected chi connectivity index (χ0v) is 19.7. The third kappa shape index (κ3) is 4.95. The van der Waals surface area contributed by atoms with Crippen LogP contribution in [0.25, 0.3) is 22.5 Å². The number of rotatable bonds is 7. The molecule has 4 nitrogen and oxygen atoms in total. The Morgan fingerprint density at radius 2 is 1.03 bits per heavy atom. The molecule has 154 valence electrons. The lowest BCUT2D eigenvalue weighted by molar-refractivity contribution is 0.827. The summed E-state index contributed by atoms with van der Waals surface area (Å²) in [5.74, 6) is 0. The van der Waals surface area contributed by atoms with Gasteiger partial charge in [-0.2, -0.15) is 0 Å². The second-order valence-electron chi connectivity index (χ2n) is 6.89. The van der Waals surface area contributed by atoms with Crippen molar-refractivity contribution in [1.82, 2.24) is 9.97 Å². The van der Waals surface area contributed by atoms with Gasteiger partial charge in [0.05, 0.1) is 11.4 Å².